The quantitative estimate of drug-likeness (QED) is 0.738. The molecule has 0 spiro atoms. The van der Waals surface area contributed by atoms with Gasteiger partial charge in [-0.1, -0.05) is 12.1 Å². The Morgan fingerprint density at radius 3 is 2.88 bits per heavy atom. The molecule has 0 bridgehead atoms. The Morgan fingerprint density at radius 2 is 1.96 bits per heavy atom. The Kier molecular flexibility index (Phi) is 4.23. The number of para-hydroxylation sites is 1. The van der Waals surface area contributed by atoms with Gasteiger partial charge in [0.2, 0.25) is 0 Å². The van der Waals surface area contributed by atoms with E-state index in [0.29, 0.717) is 5.92 Å². The zero-order valence-corrected chi connectivity index (χ0v) is 13.5. The number of fused-ring (bicyclic) bond motifs is 1. The maximum Gasteiger partial charge on any atom is 0.139 e. The lowest BCUT2D eigenvalue weighted by Crippen LogP contribution is -2.38. The van der Waals surface area contributed by atoms with Gasteiger partial charge in [-0.3, -0.25) is 4.98 Å². The van der Waals surface area contributed by atoms with E-state index in [1.165, 1.54) is 6.42 Å². The molecule has 5 heteroatoms. The number of hydrogen-bond acceptors (Lipinski definition) is 5. The van der Waals surface area contributed by atoms with Crippen LogP contribution in [0.4, 0.5) is 5.82 Å². The summed E-state index contributed by atoms with van der Waals surface area (Å²) in [7, 11) is 0. The normalized spacial score (nSPS) is 17.8. The number of nitrogens with zero attached hydrogens (tertiary/aromatic N) is 4. The first-order valence-electron chi connectivity index (χ1n) is 8.37. The van der Waals surface area contributed by atoms with Crippen molar-refractivity contribution < 1.29 is 4.74 Å². The van der Waals surface area contributed by atoms with Crippen LogP contribution in [0.15, 0.2) is 55.1 Å². The second-order valence-corrected chi connectivity index (χ2v) is 6.16. The molecular formula is C19H20N4O. The van der Waals surface area contributed by atoms with E-state index in [9.17, 15) is 0 Å². The molecule has 0 aliphatic carbocycles. The molecule has 1 aliphatic rings. The third-order valence-electron chi connectivity index (χ3n) is 4.48. The number of hydrogen-bond donors (Lipinski definition) is 0. The molecule has 24 heavy (non-hydrogen) atoms. The molecule has 1 aromatic carbocycles. The highest BCUT2D eigenvalue weighted by molar-refractivity contribution is 5.89. The SMILES string of the molecule is c1ccc2c(N3CCCC(COc4ccncc4)C3)ncnc2c1. The van der Waals surface area contributed by atoms with E-state index >= 15 is 0 Å². The molecular weight excluding hydrogens is 300 g/mol. The van der Waals surface area contributed by atoms with Crippen LogP contribution < -0.4 is 9.64 Å². The molecule has 1 fully saturated rings. The maximum atomic E-state index is 5.92. The number of aromatic nitrogens is 3. The second-order valence-electron chi connectivity index (χ2n) is 6.16. The number of anilines is 1. The fourth-order valence-electron chi connectivity index (χ4n) is 3.28. The molecule has 4 rings (SSSR count). The Hall–Kier alpha value is -2.69. The van der Waals surface area contributed by atoms with Crippen molar-refractivity contribution in [3.63, 3.8) is 0 Å². The topological polar surface area (TPSA) is 51.1 Å². The number of benzene rings is 1. The number of pyridine rings is 1. The van der Waals surface area contributed by atoms with Gasteiger partial charge in [0, 0.05) is 36.8 Å². The first kappa shape index (κ1) is 14.9. The standard InChI is InChI=1S/C19H20N4O/c1-2-6-18-17(5-1)19(22-14-21-18)23-11-3-4-15(12-23)13-24-16-7-9-20-10-8-16/h1-2,5-10,14-15H,3-4,11-13H2. The lowest BCUT2D eigenvalue weighted by molar-refractivity contribution is 0.228. The highest BCUT2D eigenvalue weighted by Gasteiger charge is 2.23. The third kappa shape index (κ3) is 3.15. The van der Waals surface area contributed by atoms with Crippen LogP contribution in [-0.4, -0.2) is 34.6 Å². The van der Waals surface area contributed by atoms with Gasteiger partial charge in [0.1, 0.15) is 17.9 Å². The summed E-state index contributed by atoms with van der Waals surface area (Å²) in [5, 5.41) is 1.12. The van der Waals surface area contributed by atoms with Crippen molar-refractivity contribution in [3.05, 3.63) is 55.1 Å². The largest absolute Gasteiger partial charge is 0.493 e. The van der Waals surface area contributed by atoms with Gasteiger partial charge in [0.05, 0.1) is 12.1 Å². The fraction of sp³-hybridized carbons (Fsp3) is 0.316. The third-order valence-corrected chi connectivity index (χ3v) is 4.48. The zero-order chi connectivity index (χ0) is 16.2. The van der Waals surface area contributed by atoms with Crippen molar-refractivity contribution in [3.8, 4) is 5.75 Å². The molecule has 1 saturated heterocycles. The molecule has 1 atom stereocenters. The van der Waals surface area contributed by atoms with Crippen LogP contribution in [0.2, 0.25) is 0 Å². The first-order valence-corrected chi connectivity index (χ1v) is 8.37. The zero-order valence-electron chi connectivity index (χ0n) is 13.5. The van der Waals surface area contributed by atoms with Crippen LogP contribution in [0, 0.1) is 5.92 Å². The van der Waals surface area contributed by atoms with Crippen LogP contribution in [0.1, 0.15) is 12.8 Å². The van der Waals surface area contributed by atoms with E-state index < -0.39 is 0 Å². The summed E-state index contributed by atoms with van der Waals surface area (Å²) >= 11 is 0. The predicted octanol–water partition coefficient (Wildman–Crippen LogP) is 3.32. The summed E-state index contributed by atoms with van der Waals surface area (Å²) in [4.78, 5) is 15.3. The van der Waals surface area contributed by atoms with Gasteiger partial charge in [-0.2, -0.15) is 0 Å². The second kappa shape index (κ2) is 6.83. The summed E-state index contributed by atoms with van der Waals surface area (Å²) in [6, 6.07) is 12.0. The van der Waals surface area contributed by atoms with Gasteiger partial charge in [0.15, 0.2) is 0 Å². The number of rotatable bonds is 4. The molecule has 0 N–H and O–H groups in total. The lowest BCUT2D eigenvalue weighted by Gasteiger charge is -2.33. The van der Waals surface area contributed by atoms with Crippen LogP contribution in [0.5, 0.6) is 5.75 Å². The maximum absolute atomic E-state index is 5.92. The molecule has 5 nitrogen and oxygen atoms in total. The Balaban J connectivity index is 1.48. The monoisotopic (exact) mass is 320 g/mol. The molecule has 1 unspecified atom stereocenters. The van der Waals surface area contributed by atoms with Gasteiger partial charge in [-0.05, 0) is 37.1 Å². The van der Waals surface area contributed by atoms with E-state index in [-0.39, 0.29) is 0 Å². The van der Waals surface area contributed by atoms with Gasteiger partial charge < -0.3 is 9.64 Å². The summed E-state index contributed by atoms with van der Waals surface area (Å²) < 4.78 is 5.92. The molecule has 2 aromatic heterocycles. The minimum atomic E-state index is 0.501. The van der Waals surface area contributed by atoms with E-state index in [1.807, 2.05) is 30.3 Å². The minimum absolute atomic E-state index is 0.501. The summed E-state index contributed by atoms with van der Waals surface area (Å²) in [5.74, 6) is 2.42. The highest BCUT2D eigenvalue weighted by atomic mass is 16.5. The van der Waals surface area contributed by atoms with E-state index in [4.69, 9.17) is 4.74 Å². The van der Waals surface area contributed by atoms with Crippen LogP contribution in [0.3, 0.4) is 0 Å². The van der Waals surface area contributed by atoms with Gasteiger partial charge >= 0.3 is 0 Å². The average molecular weight is 320 g/mol. The van der Waals surface area contributed by atoms with Crippen molar-refractivity contribution in [1.82, 2.24) is 15.0 Å². The van der Waals surface area contributed by atoms with Crippen molar-refractivity contribution in [1.29, 1.82) is 0 Å². The van der Waals surface area contributed by atoms with Crippen molar-refractivity contribution >= 4 is 16.7 Å². The van der Waals surface area contributed by atoms with Gasteiger partial charge in [-0.15, -0.1) is 0 Å². The molecule has 3 aromatic rings. The van der Waals surface area contributed by atoms with Crippen LogP contribution in [-0.2, 0) is 0 Å². The fourth-order valence-corrected chi connectivity index (χ4v) is 3.28. The predicted molar refractivity (Wildman–Crippen MR) is 94.2 cm³/mol. The highest BCUT2D eigenvalue weighted by Crippen LogP contribution is 2.27. The summed E-state index contributed by atoms with van der Waals surface area (Å²) in [5.41, 5.74) is 0.998. The number of ether oxygens (including phenoxy) is 1. The average Bonchev–Trinajstić information content (AvgIpc) is 2.67. The Bertz CT molecular complexity index is 803. The molecule has 3 heterocycles. The molecule has 0 radical (unpaired) electrons. The van der Waals surface area contributed by atoms with Gasteiger partial charge in [-0.25, -0.2) is 9.97 Å². The minimum Gasteiger partial charge on any atom is -0.493 e. The lowest BCUT2D eigenvalue weighted by atomic mass is 9.98. The first-order chi connectivity index (χ1) is 11.9. The summed E-state index contributed by atoms with van der Waals surface area (Å²) in [6.07, 6.45) is 7.52. The van der Waals surface area contributed by atoms with Crippen molar-refractivity contribution in [2.24, 2.45) is 5.92 Å². The van der Waals surface area contributed by atoms with Gasteiger partial charge in [0.25, 0.3) is 0 Å². The van der Waals surface area contributed by atoms with E-state index in [1.54, 1.807) is 18.7 Å². The Morgan fingerprint density at radius 1 is 1.08 bits per heavy atom. The van der Waals surface area contributed by atoms with Crippen molar-refractivity contribution in [2.75, 3.05) is 24.6 Å². The molecule has 0 saturated carbocycles. The van der Waals surface area contributed by atoms with Crippen LogP contribution in [0.25, 0.3) is 10.9 Å². The molecule has 1 aliphatic heterocycles. The molecule has 122 valence electrons. The van der Waals surface area contributed by atoms with E-state index in [2.05, 4.69) is 25.9 Å². The van der Waals surface area contributed by atoms with E-state index in [0.717, 1.165) is 48.6 Å². The molecule has 0 amide bonds. The Labute approximate surface area is 141 Å². The number of piperidine rings is 1. The van der Waals surface area contributed by atoms with Crippen molar-refractivity contribution in [2.45, 2.75) is 12.8 Å². The summed E-state index contributed by atoms with van der Waals surface area (Å²) in [6.45, 7) is 2.72. The van der Waals surface area contributed by atoms with Crippen LogP contribution >= 0.6 is 0 Å². The smallest absolute Gasteiger partial charge is 0.139 e.